The first-order valence-electron chi connectivity index (χ1n) is 9.75. The highest BCUT2D eigenvalue weighted by Crippen LogP contribution is 2.39. The van der Waals surface area contributed by atoms with Gasteiger partial charge in [0.2, 0.25) is 0 Å². The van der Waals surface area contributed by atoms with Gasteiger partial charge >= 0.3 is 0 Å². The van der Waals surface area contributed by atoms with Crippen molar-refractivity contribution in [1.29, 1.82) is 0 Å². The van der Waals surface area contributed by atoms with E-state index < -0.39 is 5.72 Å². The van der Waals surface area contributed by atoms with Crippen molar-refractivity contribution in [1.82, 2.24) is 0 Å². The molecular weight excluding hydrogens is 340 g/mol. The number of hydrogen-bond acceptors (Lipinski definition) is 4. The average Bonchev–Trinajstić information content (AvgIpc) is 3.03. The summed E-state index contributed by atoms with van der Waals surface area (Å²) in [6.07, 6.45) is 3.24. The van der Waals surface area contributed by atoms with E-state index in [9.17, 15) is 5.11 Å². The van der Waals surface area contributed by atoms with Crippen LogP contribution in [0.2, 0.25) is 0 Å². The first kappa shape index (κ1) is 16.6. The minimum atomic E-state index is -1.06. The van der Waals surface area contributed by atoms with Crippen molar-refractivity contribution >= 4 is 11.5 Å². The number of hydrogen-bond donors (Lipinski definition) is 1. The van der Waals surface area contributed by atoms with Crippen molar-refractivity contribution in [2.45, 2.75) is 31.9 Å². The number of β-amino-alcohol motifs (C(OH)–C–C–N with tert-alkyl or cyclic N) is 1. The summed E-state index contributed by atoms with van der Waals surface area (Å²) in [7, 11) is 0. The van der Waals surface area contributed by atoms with Gasteiger partial charge in [-0.15, -0.1) is 0 Å². The Hall–Kier alpha value is -2.53. The van der Waals surface area contributed by atoms with Gasteiger partial charge in [0.1, 0.15) is 18.9 Å². The van der Waals surface area contributed by atoms with Crippen molar-refractivity contribution < 1.29 is 19.2 Å². The molecule has 3 heterocycles. The van der Waals surface area contributed by atoms with Crippen LogP contribution in [0.1, 0.15) is 30.4 Å². The Morgan fingerprint density at radius 3 is 2.59 bits per heavy atom. The van der Waals surface area contributed by atoms with Gasteiger partial charge in [-0.05, 0) is 50.1 Å². The standard InChI is InChI=1S/C22H25N2O3/c1-16-5-8-18(9-6-16)23-15-22(25,24-11-3-2-4-21(23)24)17-7-10-19-20(14-17)27-13-12-26-19/h5-10,14,25H,2-4,11-13,15H2,1H3/q+1/t22-/m0/s1. The van der Waals surface area contributed by atoms with E-state index in [1.54, 1.807) is 0 Å². The van der Waals surface area contributed by atoms with Gasteiger partial charge in [0, 0.05) is 12.0 Å². The first-order chi connectivity index (χ1) is 13.1. The van der Waals surface area contributed by atoms with Gasteiger partial charge in [0.15, 0.2) is 18.0 Å². The van der Waals surface area contributed by atoms with E-state index in [0.29, 0.717) is 19.8 Å². The minimum absolute atomic E-state index is 0.519. The number of ether oxygens (including phenoxy) is 2. The summed E-state index contributed by atoms with van der Waals surface area (Å²) in [6.45, 7) is 4.60. The SMILES string of the molecule is Cc1ccc(N2C[C@](O)(c3ccc4c(c3)OCCO4)[N+]3=C2CCCC3)cc1. The molecular formula is C22H25N2O3+. The van der Waals surface area contributed by atoms with Gasteiger partial charge < -0.3 is 14.6 Å². The molecule has 0 saturated heterocycles. The van der Waals surface area contributed by atoms with Gasteiger partial charge in [-0.1, -0.05) is 17.7 Å². The number of fused-ring (bicyclic) bond motifs is 1. The number of nitrogens with zero attached hydrogens (tertiary/aromatic N) is 2. The zero-order valence-electron chi connectivity index (χ0n) is 15.6. The van der Waals surface area contributed by atoms with E-state index in [1.807, 2.05) is 18.2 Å². The summed E-state index contributed by atoms with van der Waals surface area (Å²) >= 11 is 0. The van der Waals surface area contributed by atoms with E-state index in [4.69, 9.17) is 9.47 Å². The Morgan fingerprint density at radius 1 is 1.00 bits per heavy atom. The molecule has 2 aromatic carbocycles. The molecule has 0 spiro atoms. The lowest BCUT2D eigenvalue weighted by Crippen LogP contribution is -2.41. The zero-order chi connectivity index (χ0) is 18.4. The van der Waals surface area contributed by atoms with Crippen molar-refractivity contribution in [3.63, 3.8) is 0 Å². The molecule has 0 fully saturated rings. The predicted molar refractivity (Wildman–Crippen MR) is 104 cm³/mol. The van der Waals surface area contributed by atoms with Crippen LogP contribution < -0.4 is 14.4 Å². The molecule has 0 aromatic heterocycles. The second-order valence-corrected chi connectivity index (χ2v) is 7.62. The van der Waals surface area contributed by atoms with Gasteiger partial charge in [0.05, 0.1) is 6.54 Å². The van der Waals surface area contributed by atoms with Crippen molar-refractivity contribution in [2.24, 2.45) is 0 Å². The molecule has 140 valence electrons. The Balaban J connectivity index is 1.57. The smallest absolute Gasteiger partial charge is 0.271 e. The Labute approximate surface area is 159 Å². The monoisotopic (exact) mass is 365 g/mol. The predicted octanol–water partition coefficient (Wildman–Crippen LogP) is 3.03. The number of amidine groups is 1. The third kappa shape index (κ3) is 2.69. The molecule has 3 aliphatic rings. The quantitative estimate of drug-likeness (QED) is 0.831. The van der Waals surface area contributed by atoms with E-state index >= 15 is 0 Å². The van der Waals surface area contributed by atoms with E-state index in [1.165, 1.54) is 11.4 Å². The molecule has 1 atom stereocenters. The number of rotatable bonds is 2. The molecule has 0 saturated carbocycles. The Morgan fingerprint density at radius 2 is 1.78 bits per heavy atom. The summed E-state index contributed by atoms with van der Waals surface area (Å²) in [5, 5.41) is 11.8. The van der Waals surface area contributed by atoms with Crippen LogP contribution in [-0.4, -0.2) is 41.8 Å². The fraction of sp³-hybridized carbons (Fsp3) is 0.409. The topological polar surface area (TPSA) is 44.9 Å². The largest absolute Gasteiger partial charge is 0.486 e. The van der Waals surface area contributed by atoms with Crippen LogP contribution in [0.4, 0.5) is 5.69 Å². The lowest BCUT2D eigenvalue weighted by Gasteiger charge is -2.26. The van der Waals surface area contributed by atoms with Crippen molar-refractivity contribution in [2.75, 3.05) is 31.2 Å². The highest BCUT2D eigenvalue weighted by Gasteiger charge is 2.52. The molecule has 2 aromatic rings. The number of aryl methyl sites for hydroxylation is 1. The normalized spacial score (nSPS) is 24.1. The van der Waals surface area contributed by atoms with E-state index in [-0.39, 0.29) is 0 Å². The van der Waals surface area contributed by atoms with Crippen LogP contribution in [-0.2, 0) is 5.72 Å². The van der Waals surface area contributed by atoms with Crippen molar-refractivity contribution in [3.05, 3.63) is 53.6 Å². The van der Waals surface area contributed by atoms with Crippen LogP contribution in [0, 0.1) is 6.92 Å². The lowest BCUT2D eigenvalue weighted by molar-refractivity contribution is -0.661. The van der Waals surface area contributed by atoms with Crippen LogP contribution in [0.25, 0.3) is 0 Å². The fourth-order valence-corrected chi connectivity index (χ4v) is 4.40. The molecule has 0 radical (unpaired) electrons. The summed E-state index contributed by atoms with van der Waals surface area (Å²) in [6, 6.07) is 14.4. The van der Waals surface area contributed by atoms with Gasteiger partial charge in [-0.25, -0.2) is 9.48 Å². The van der Waals surface area contributed by atoms with Crippen LogP contribution in [0.5, 0.6) is 11.5 Å². The molecule has 27 heavy (non-hydrogen) atoms. The lowest BCUT2D eigenvalue weighted by atomic mass is 10.0. The molecule has 1 N–H and O–H groups in total. The summed E-state index contributed by atoms with van der Waals surface area (Å²) in [4.78, 5) is 2.27. The molecule has 5 rings (SSSR count). The molecule has 0 unspecified atom stereocenters. The maximum Gasteiger partial charge on any atom is 0.271 e. The highest BCUT2D eigenvalue weighted by atomic mass is 16.6. The fourth-order valence-electron chi connectivity index (χ4n) is 4.40. The Bertz CT molecular complexity index is 906. The molecule has 0 amide bonds. The zero-order valence-corrected chi connectivity index (χ0v) is 15.6. The van der Waals surface area contributed by atoms with E-state index in [2.05, 4.69) is 40.7 Å². The van der Waals surface area contributed by atoms with Crippen molar-refractivity contribution in [3.8, 4) is 11.5 Å². The summed E-state index contributed by atoms with van der Waals surface area (Å²) < 4.78 is 13.6. The van der Waals surface area contributed by atoms with Gasteiger partial charge in [-0.2, -0.15) is 0 Å². The van der Waals surface area contributed by atoms with Crippen LogP contribution >= 0.6 is 0 Å². The molecule has 3 aliphatic heterocycles. The molecule has 5 nitrogen and oxygen atoms in total. The third-order valence-corrected chi connectivity index (χ3v) is 5.83. The Kier molecular flexibility index (Phi) is 3.86. The third-order valence-electron chi connectivity index (χ3n) is 5.83. The van der Waals surface area contributed by atoms with Gasteiger partial charge in [0.25, 0.3) is 11.6 Å². The maximum absolute atomic E-state index is 11.8. The van der Waals surface area contributed by atoms with Gasteiger partial charge in [-0.3, -0.25) is 0 Å². The summed E-state index contributed by atoms with van der Waals surface area (Å²) in [5.41, 5.74) is 2.18. The van der Waals surface area contributed by atoms with Crippen LogP contribution in [0.15, 0.2) is 42.5 Å². The maximum atomic E-state index is 11.8. The highest BCUT2D eigenvalue weighted by molar-refractivity contribution is 5.96. The minimum Gasteiger partial charge on any atom is -0.486 e. The number of anilines is 1. The second-order valence-electron chi connectivity index (χ2n) is 7.62. The number of aliphatic hydroxyl groups is 1. The average molecular weight is 365 g/mol. The van der Waals surface area contributed by atoms with Crippen LogP contribution in [0.3, 0.4) is 0 Å². The summed E-state index contributed by atoms with van der Waals surface area (Å²) in [5.74, 6) is 2.69. The molecule has 0 aliphatic carbocycles. The molecule has 5 heteroatoms. The van der Waals surface area contributed by atoms with E-state index in [0.717, 1.165) is 48.6 Å². The number of benzene rings is 2. The second kappa shape index (κ2) is 6.27. The molecule has 0 bridgehead atoms. The first-order valence-corrected chi connectivity index (χ1v) is 9.75.